The van der Waals surface area contributed by atoms with Crippen LogP contribution >= 0.6 is 0 Å². The van der Waals surface area contributed by atoms with Gasteiger partial charge in [0, 0.05) is 47.4 Å². The number of hydrogen-bond donors (Lipinski definition) is 0. The standard InChI is InChI=1S/C29H33N2O3.BF4/c1-6-30(7-2)20-14-16-24-26(18-20)34-27-19-21(31(8-3)9-4)15-17-25(27)28(24)22-12-10-11-13-23(22)29(32)33-5;2-1(3,4)5/h10-19H,6-9H2,1-5H3;/q+1;-1. The van der Waals surface area contributed by atoms with E-state index < -0.39 is 7.25 Å². The lowest BCUT2D eigenvalue weighted by molar-refractivity contribution is 0.0601. The number of hydrogen-bond acceptors (Lipinski definition) is 4. The summed E-state index contributed by atoms with van der Waals surface area (Å²) >= 11 is 0. The van der Waals surface area contributed by atoms with Crippen molar-refractivity contribution in [3.63, 3.8) is 0 Å². The van der Waals surface area contributed by atoms with E-state index in [9.17, 15) is 22.1 Å². The van der Waals surface area contributed by atoms with Crippen LogP contribution in [-0.2, 0) is 4.74 Å². The third kappa shape index (κ3) is 6.99. The van der Waals surface area contributed by atoms with Gasteiger partial charge in [0.2, 0.25) is 5.36 Å². The first-order valence-corrected chi connectivity index (χ1v) is 12.9. The maximum absolute atomic E-state index is 12.7. The van der Waals surface area contributed by atoms with Gasteiger partial charge in [-0.05, 0) is 57.5 Å². The molecule has 1 aliphatic carbocycles. The molecule has 0 aromatic heterocycles. The smallest absolute Gasteiger partial charge is 0.465 e. The predicted octanol–water partition coefficient (Wildman–Crippen LogP) is 6.95. The number of methoxy groups -OCH3 is 1. The van der Waals surface area contributed by atoms with Gasteiger partial charge in [0.15, 0.2) is 0 Å². The molecule has 0 spiro atoms. The molecule has 0 N–H and O–H groups in total. The molecule has 0 amide bonds. The average Bonchev–Trinajstić information content (AvgIpc) is 2.91. The third-order valence-corrected chi connectivity index (χ3v) is 6.55. The van der Waals surface area contributed by atoms with E-state index >= 15 is 0 Å². The zero-order valence-electron chi connectivity index (χ0n) is 22.8. The number of esters is 1. The Morgan fingerprint density at radius 2 is 1.54 bits per heavy atom. The van der Waals surface area contributed by atoms with Gasteiger partial charge in [0.1, 0.15) is 24.4 Å². The van der Waals surface area contributed by atoms with Crippen LogP contribution in [0.25, 0.3) is 33.4 Å². The summed E-state index contributed by atoms with van der Waals surface area (Å²) < 4.78 is 52.9. The highest BCUT2D eigenvalue weighted by Gasteiger charge is 2.23. The number of halogens is 4. The number of rotatable bonds is 7. The molecule has 0 unspecified atom stereocenters. The van der Waals surface area contributed by atoms with E-state index in [1.54, 1.807) is 0 Å². The fourth-order valence-corrected chi connectivity index (χ4v) is 4.72. The van der Waals surface area contributed by atoms with Crippen LogP contribution in [0.4, 0.5) is 23.0 Å². The summed E-state index contributed by atoms with van der Waals surface area (Å²) in [7, 11) is -4.58. The van der Waals surface area contributed by atoms with Gasteiger partial charge in [-0.2, -0.15) is 0 Å². The molecule has 10 heteroatoms. The molecule has 1 heterocycles. The number of nitrogens with zero attached hydrogens (tertiary/aromatic N) is 2. The van der Waals surface area contributed by atoms with Crippen molar-refractivity contribution < 1.29 is 31.2 Å². The van der Waals surface area contributed by atoms with Crippen LogP contribution < -0.4 is 14.8 Å². The van der Waals surface area contributed by atoms with Crippen LogP contribution in [-0.4, -0.2) is 46.5 Å². The Hall–Kier alpha value is -3.82. The van der Waals surface area contributed by atoms with E-state index in [0.29, 0.717) is 5.56 Å². The molecule has 39 heavy (non-hydrogen) atoms. The summed E-state index contributed by atoms with van der Waals surface area (Å²) in [4.78, 5) is 15.0. The monoisotopic (exact) mass is 544 g/mol. The highest BCUT2D eigenvalue weighted by atomic mass is 19.5. The summed E-state index contributed by atoms with van der Waals surface area (Å²) in [5, 5.41) is 2.09. The van der Waals surface area contributed by atoms with E-state index in [0.717, 1.165) is 70.6 Å². The van der Waals surface area contributed by atoms with Gasteiger partial charge in [-0.1, -0.05) is 18.2 Å². The summed E-state index contributed by atoms with van der Waals surface area (Å²) in [5.74, 6) is 0.445. The van der Waals surface area contributed by atoms with Crippen LogP contribution in [0.1, 0.15) is 38.1 Å². The molecule has 0 saturated carbocycles. The minimum absolute atomic E-state index is 0.350. The Kier molecular flexibility index (Phi) is 9.78. The zero-order valence-corrected chi connectivity index (χ0v) is 22.8. The summed E-state index contributed by atoms with van der Waals surface area (Å²) in [5.41, 5.74) is 5.24. The first kappa shape index (κ1) is 29.7. The van der Waals surface area contributed by atoms with Gasteiger partial charge in [-0.3, -0.25) is 0 Å². The molecule has 0 saturated heterocycles. The minimum Gasteiger partial charge on any atom is -0.465 e. The second-order valence-electron chi connectivity index (χ2n) is 8.71. The quantitative estimate of drug-likeness (QED) is 0.0831. The molecule has 0 radical (unpaired) electrons. The Labute approximate surface area is 225 Å². The molecule has 2 aliphatic rings. The van der Waals surface area contributed by atoms with Crippen molar-refractivity contribution in [3.8, 4) is 22.5 Å². The van der Waals surface area contributed by atoms with E-state index in [-0.39, 0.29) is 5.97 Å². The van der Waals surface area contributed by atoms with Crippen molar-refractivity contribution in [2.24, 2.45) is 0 Å². The number of anilines is 1. The van der Waals surface area contributed by atoms with E-state index in [2.05, 4.69) is 73.6 Å². The van der Waals surface area contributed by atoms with E-state index in [1.165, 1.54) is 7.11 Å². The van der Waals surface area contributed by atoms with Gasteiger partial charge in [-0.15, -0.1) is 0 Å². The molecule has 208 valence electrons. The Bertz CT molecular complexity index is 1470. The molecular formula is C29H33BF4N2O3. The van der Waals surface area contributed by atoms with Gasteiger partial charge in [-0.25, -0.2) is 9.37 Å². The van der Waals surface area contributed by atoms with E-state index in [4.69, 9.17) is 9.15 Å². The zero-order chi connectivity index (χ0) is 28.7. The van der Waals surface area contributed by atoms with Crippen LogP contribution in [0, 0.1) is 0 Å². The molecule has 0 atom stereocenters. The minimum atomic E-state index is -6.00. The van der Waals surface area contributed by atoms with Crippen LogP contribution in [0.5, 0.6) is 0 Å². The maximum atomic E-state index is 12.7. The Morgan fingerprint density at radius 1 is 0.897 bits per heavy atom. The highest BCUT2D eigenvalue weighted by molar-refractivity contribution is 6.50. The number of carbonyl (C=O) groups is 1. The largest absolute Gasteiger partial charge is 0.673 e. The normalized spacial score (nSPS) is 11.2. The van der Waals surface area contributed by atoms with Crippen molar-refractivity contribution in [1.82, 2.24) is 4.58 Å². The summed E-state index contributed by atoms with van der Waals surface area (Å²) in [6.07, 6.45) is 0. The summed E-state index contributed by atoms with van der Waals surface area (Å²) in [6.45, 7) is 12.3. The fourth-order valence-electron chi connectivity index (χ4n) is 4.72. The molecule has 2 aromatic carbocycles. The van der Waals surface area contributed by atoms with Crippen molar-refractivity contribution in [2.75, 3.05) is 38.2 Å². The van der Waals surface area contributed by atoms with E-state index in [1.807, 2.05) is 24.3 Å². The SMILES string of the molecule is CCN(CC)c1ccc2c(-c3ccccc3C(=O)OC)c3ccc(=[N+](CC)CC)cc-3oc2c1.F[B-](F)(F)F. The molecule has 5 nitrogen and oxygen atoms in total. The molecule has 2 aromatic rings. The number of benzene rings is 3. The van der Waals surface area contributed by atoms with Crippen molar-refractivity contribution in [3.05, 3.63) is 71.6 Å². The summed E-state index contributed by atoms with van der Waals surface area (Å²) in [6, 6.07) is 20.3. The molecule has 0 bridgehead atoms. The number of fused-ring (bicyclic) bond motifs is 2. The number of carbonyl (C=O) groups excluding carboxylic acids is 1. The lowest BCUT2D eigenvalue weighted by Crippen LogP contribution is -2.29. The van der Waals surface area contributed by atoms with Crippen LogP contribution in [0.3, 0.4) is 0 Å². The van der Waals surface area contributed by atoms with Crippen LogP contribution in [0.2, 0.25) is 0 Å². The topological polar surface area (TPSA) is 45.7 Å². The average molecular weight is 544 g/mol. The third-order valence-electron chi connectivity index (χ3n) is 6.55. The van der Waals surface area contributed by atoms with Gasteiger partial charge >= 0.3 is 13.2 Å². The predicted molar refractivity (Wildman–Crippen MR) is 150 cm³/mol. The Morgan fingerprint density at radius 3 is 2.13 bits per heavy atom. The second kappa shape index (κ2) is 12.8. The molecular weight excluding hydrogens is 511 g/mol. The molecule has 4 rings (SSSR count). The first-order valence-electron chi connectivity index (χ1n) is 12.9. The van der Waals surface area contributed by atoms with Crippen LogP contribution in [0.15, 0.2) is 65.1 Å². The van der Waals surface area contributed by atoms with Crippen molar-refractivity contribution >= 4 is 29.9 Å². The number of ether oxygens (including phenoxy) is 1. The highest BCUT2D eigenvalue weighted by Crippen LogP contribution is 2.42. The lowest BCUT2D eigenvalue weighted by atomic mass is 9.90. The van der Waals surface area contributed by atoms with Gasteiger partial charge in [0.25, 0.3) is 0 Å². The van der Waals surface area contributed by atoms with Gasteiger partial charge in [0.05, 0.1) is 18.7 Å². The van der Waals surface area contributed by atoms with Crippen molar-refractivity contribution in [2.45, 2.75) is 27.7 Å². The molecule has 0 fully saturated rings. The van der Waals surface area contributed by atoms with Crippen molar-refractivity contribution in [1.29, 1.82) is 0 Å². The van der Waals surface area contributed by atoms with Gasteiger partial charge < -0.3 is 31.3 Å². The Balaban J connectivity index is 0.000000771. The fraction of sp³-hybridized carbons (Fsp3) is 0.310. The second-order valence-corrected chi connectivity index (χ2v) is 8.71. The first-order chi connectivity index (χ1) is 18.6. The molecule has 1 aliphatic heterocycles. The lowest BCUT2D eigenvalue weighted by Gasteiger charge is -2.22. The maximum Gasteiger partial charge on any atom is 0.673 e.